The third kappa shape index (κ3) is 4.20. The summed E-state index contributed by atoms with van der Waals surface area (Å²) in [5.41, 5.74) is 0.642. The number of carbonyl (C=O) groups excluding carboxylic acids is 1. The van der Waals surface area contributed by atoms with Gasteiger partial charge in [-0.05, 0) is 41.1 Å². The van der Waals surface area contributed by atoms with Gasteiger partial charge in [0.05, 0.1) is 15.8 Å². The number of hydrogen-bond donors (Lipinski definition) is 1. The molecular weight excluding hydrogens is 349 g/mol. The molecule has 0 spiro atoms. The topological polar surface area (TPSA) is 29.1 Å². The minimum absolute atomic E-state index is 0.0819. The summed E-state index contributed by atoms with van der Waals surface area (Å²) < 4.78 is 0. The van der Waals surface area contributed by atoms with E-state index in [0.717, 1.165) is 4.90 Å². The smallest absolute Gasteiger partial charge is 0.234 e. The minimum Gasteiger partial charge on any atom is -0.325 e. The lowest BCUT2D eigenvalue weighted by Crippen LogP contribution is -2.13. The first-order chi connectivity index (χ1) is 11.1. The Morgan fingerprint density at radius 1 is 0.913 bits per heavy atom. The number of fused-ring (bicyclic) bond motifs is 1. The fourth-order valence-corrected chi connectivity index (χ4v) is 3.22. The van der Waals surface area contributed by atoms with Crippen molar-refractivity contribution in [3.05, 3.63) is 70.7 Å². The molecule has 0 aliphatic carbocycles. The van der Waals surface area contributed by atoms with Crippen molar-refractivity contribution < 1.29 is 4.79 Å². The summed E-state index contributed by atoms with van der Waals surface area (Å²) >= 11 is 13.3. The first kappa shape index (κ1) is 16.2. The molecule has 0 aromatic heterocycles. The van der Waals surface area contributed by atoms with Crippen molar-refractivity contribution >= 4 is 57.3 Å². The first-order valence-corrected chi connectivity index (χ1v) is 8.72. The van der Waals surface area contributed by atoms with Gasteiger partial charge in [-0.25, -0.2) is 0 Å². The van der Waals surface area contributed by atoms with E-state index in [1.165, 1.54) is 22.5 Å². The van der Waals surface area contributed by atoms with Crippen LogP contribution >= 0.6 is 35.0 Å². The molecular formula is C18H13Cl2NOS. The number of thioether (sulfide) groups is 1. The molecule has 0 heterocycles. The second-order valence-corrected chi connectivity index (χ2v) is 6.84. The van der Waals surface area contributed by atoms with E-state index >= 15 is 0 Å². The molecule has 1 amide bonds. The maximum atomic E-state index is 12.0. The fourth-order valence-electron chi connectivity index (χ4n) is 2.18. The third-order valence-corrected chi connectivity index (χ3v) is 5.03. The number of benzene rings is 3. The van der Waals surface area contributed by atoms with E-state index in [2.05, 4.69) is 29.6 Å². The summed E-state index contributed by atoms with van der Waals surface area (Å²) in [6.07, 6.45) is 0. The zero-order valence-corrected chi connectivity index (χ0v) is 14.4. The number of hydrogen-bond acceptors (Lipinski definition) is 2. The Hall–Kier alpha value is -1.68. The van der Waals surface area contributed by atoms with Crippen LogP contribution in [0.1, 0.15) is 0 Å². The standard InChI is InChI=1S/C18H13Cl2NOS/c19-16-8-6-14(10-17(16)20)21-18(22)11-23-15-7-5-12-3-1-2-4-13(12)9-15/h1-10H,11H2,(H,21,22). The van der Waals surface area contributed by atoms with E-state index < -0.39 is 0 Å². The van der Waals surface area contributed by atoms with Crippen LogP contribution in [-0.4, -0.2) is 11.7 Å². The van der Waals surface area contributed by atoms with Gasteiger partial charge in [0, 0.05) is 10.6 Å². The predicted octanol–water partition coefficient (Wildman–Crippen LogP) is 5.88. The Kier molecular flexibility index (Phi) is 5.11. The zero-order chi connectivity index (χ0) is 16.2. The molecule has 0 saturated carbocycles. The van der Waals surface area contributed by atoms with E-state index in [4.69, 9.17) is 23.2 Å². The molecule has 0 atom stereocenters. The summed E-state index contributed by atoms with van der Waals surface area (Å²) in [5, 5.41) is 6.07. The Morgan fingerprint density at radius 2 is 1.70 bits per heavy atom. The predicted molar refractivity (Wildman–Crippen MR) is 99.8 cm³/mol. The Bertz CT molecular complexity index is 867. The molecule has 0 fully saturated rings. The van der Waals surface area contributed by atoms with E-state index in [0.29, 0.717) is 21.5 Å². The average molecular weight is 362 g/mol. The Balaban J connectivity index is 1.62. The number of anilines is 1. The molecule has 0 bridgehead atoms. The highest BCUT2D eigenvalue weighted by Crippen LogP contribution is 2.26. The second-order valence-electron chi connectivity index (χ2n) is 4.97. The quantitative estimate of drug-likeness (QED) is 0.588. The summed E-state index contributed by atoms with van der Waals surface area (Å²) in [4.78, 5) is 13.1. The molecule has 116 valence electrons. The number of carbonyl (C=O) groups is 1. The van der Waals surface area contributed by atoms with Crippen LogP contribution in [0.5, 0.6) is 0 Å². The lowest BCUT2D eigenvalue weighted by Gasteiger charge is -2.07. The van der Waals surface area contributed by atoms with Crippen molar-refractivity contribution in [2.45, 2.75) is 4.90 Å². The van der Waals surface area contributed by atoms with Crippen LogP contribution in [0.3, 0.4) is 0 Å². The molecule has 3 rings (SSSR count). The van der Waals surface area contributed by atoms with E-state index in [-0.39, 0.29) is 5.91 Å². The lowest BCUT2D eigenvalue weighted by molar-refractivity contribution is -0.113. The lowest BCUT2D eigenvalue weighted by atomic mass is 10.1. The highest BCUT2D eigenvalue weighted by atomic mass is 35.5. The number of halogens is 2. The van der Waals surface area contributed by atoms with Crippen molar-refractivity contribution in [3.8, 4) is 0 Å². The second kappa shape index (κ2) is 7.26. The van der Waals surface area contributed by atoms with Crippen LogP contribution < -0.4 is 5.32 Å². The average Bonchev–Trinajstić information content (AvgIpc) is 2.56. The number of rotatable bonds is 4. The molecule has 1 N–H and O–H groups in total. The number of amides is 1. The summed E-state index contributed by atoms with van der Waals surface area (Å²) in [6, 6.07) is 19.4. The van der Waals surface area contributed by atoms with Gasteiger partial charge in [0.2, 0.25) is 5.91 Å². The summed E-state index contributed by atoms with van der Waals surface area (Å²) in [5.74, 6) is 0.250. The third-order valence-electron chi connectivity index (χ3n) is 3.29. The van der Waals surface area contributed by atoms with Crippen molar-refractivity contribution in [1.29, 1.82) is 0 Å². The Morgan fingerprint density at radius 3 is 2.48 bits per heavy atom. The maximum Gasteiger partial charge on any atom is 0.234 e. The SMILES string of the molecule is O=C(CSc1ccc2ccccc2c1)Nc1ccc(Cl)c(Cl)c1. The van der Waals surface area contributed by atoms with Crippen LogP contribution in [0.15, 0.2) is 65.6 Å². The van der Waals surface area contributed by atoms with Gasteiger partial charge in [0.1, 0.15) is 0 Å². The van der Waals surface area contributed by atoms with Gasteiger partial charge in [-0.1, -0.05) is 53.5 Å². The Labute approximate surface area is 148 Å². The molecule has 23 heavy (non-hydrogen) atoms. The van der Waals surface area contributed by atoms with E-state index in [1.54, 1.807) is 18.2 Å². The highest BCUT2D eigenvalue weighted by molar-refractivity contribution is 8.00. The molecule has 0 aliphatic rings. The van der Waals surface area contributed by atoms with Crippen LogP contribution in [-0.2, 0) is 4.79 Å². The molecule has 3 aromatic carbocycles. The van der Waals surface area contributed by atoms with Crippen molar-refractivity contribution in [2.75, 3.05) is 11.1 Å². The van der Waals surface area contributed by atoms with E-state index in [9.17, 15) is 4.79 Å². The minimum atomic E-state index is -0.0819. The van der Waals surface area contributed by atoms with E-state index in [1.807, 2.05) is 18.2 Å². The highest BCUT2D eigenvalue weighted by Gasteiger charge is 2.06. The summed E-state index contributed by atoms with van der Waals surface area (Å²) in [6.45, 7) is 0. The van der Waals surface area contributed by atoms with Gasteiger partial charge in [0.15, 0.2) is 0 Å². The maximum absolute atomic E-state index is 12.0. The van der Waals surface area contributed by atoms with Gasteiger partial charge in [-0.15, -0.1) is 11.8 Å². The van der Waals surface area contributed by atoms with Crippen molar-refractivity contribution in [2.24, 2.45) is 0 Å². The van der Waals surface area contributed by atoms with Gasteiger partial charge < -0.3 is 5.32 Å². The van der Waals surface area contributed by atoms with Crippen LogP contribution in [0.4, 0.5) is 5.69 Å². The van der Waals surface area contributed by atoms with Crippen molar-refractivity contribution in [1.82, 2.24) is 0 Å². The molecule has 3 aromatic rings. The zero-order valence-electron chi connectivity index (χ0n) is 12.1. The largest absolute Gasteiger partial charge is 0.325 e. The fraction of sp³-hybridized carbons (Fsp3) is 0.0556. The summed E-state index contributed by atoms with van der Waals surface area (Å²) in [7, 11) is 0. The molecule has 5 heteroatoms. The molecule has 0 radical (unpaired) electrons. The monoisotopic (exact) mass is 361 g/mol. The molecule has 0 aliphatic heterocycles. The van der Waals surface area contributed by atoms with Gasteiger partial charge in [0.25, 0.3) is 0 Å². The van der Waals surface area contributed by atoms with Crippen LogP contribution in [0.2, 0.25) is 10.0 Å². The number of nitrogens with one attached hydrogen (secondary N) is 1. The molecule has 0 saturated heterocycles. The molecule has 2 nitrogen and oxygen atoms in total. The van der Waals surface area contributed by atoms with Gasteiger partial charge >= 0.3 is 0 Å². The van der Waals surface area contributed by atoms with Crippen LogP contribution in [0, 0.1) is 0 Å². The normalized spacial score (nSPS) is 10.7. The van der Waals surface area contributed by atoms with Crippen LogP contribution in [0.25, 0.3) is 10.8 Å². The first-order valence-electron chi connectivity index (χ1n) is 6.98. The van der Waals surface area contributed by atoms with Gasteiger partial charge in [-0.3, -0.25) is 4.79 Å². The molecule has 0 unspecified atom stereocenters. The van der Waals surface area contributed by atoms with Gasteiger partial charge in [-0.2, -0.15) is 0 Å². The van der Waals surface area contributed by atoms with Crippen molar-refractivity contribution in [3.63, 3.8) is 0 Å².